The van der Waals surface area contributed by atoms with Gasteiger partial charge in [0.2, 0.25) is 11.5 Å². The molecule has 2 fully saturated rings. The van der Waals surface area contributed by atoms with Gasteiger partial charge in [-0.1, -0.05) is 53.5 Å². The molecule has 1 aliphatic heterocycles. The Bertz CT molecular complexity index is 3320. The minimum absolute atomic E-state index is 0.0583. The largest absolute Gasteiger partial charge is 0.486 e. The topological polar surface area (TPSA) is 186 Å². The molecular formula is C53H59Cl2N11O6. The number of rotatable bonds is 17. The lowest BCUT2D eigenvalue weighted by atomic mass is 9.82. The van der Waals surface area contributed by atoms with Gasteiger partial charge in [0.25, 0.3) is 11.8 Å². The van der Waals surface area contributed by atoms with Gasteiger partial charge in [-0.3, -0.25) is 9.88 Å². The SMILES string of the molecule is COc1nc2ccc(C(O)(c3ccc(C)nc3C)c3cnnn3C)cc2c(Cl)c1OCCN1CCC(COc2nc3ccc(C(O)(c4cnc(C)n4C)c4cnc(C)n4C)cc3c(Cl)c2OCC2(C)CC2)C1. The molecule has 0 amide bonds. The molecule has 19 heteroatoms. The number of aromatic nitrogens is 10. The lowest BCUT2D eigenvalue weighted by molar-refractivity contribution is 0.109. The normalized spacial score (nSPS) is 16.7. The molecule has 1 saturated heterocycles. The summed E-state index contributed by atoms with van der Waals surface area (Å²) in [6.07, 6.45) is 7.97. The van der Waals surface area contributed by atoms with Gasteiger partial charge in [0.1, 0.15) is 18.3 Å². The molecule has 2 N–H and O–H groups in total. The van der Waals surface area contributed by atoms with Crippen molar-refractivity contribution in [2.24, 2.45) is 32.5 Å². The number of likely N-dealkylation sites (tertiary alicyclic amines) is 1. The molecule has 72 heavy (non-hydrogen) atoms. The third kappa shape index (κ3) is 8.67. The van der Waals surface area contributed by atoms with Crippen LogP contribution in [0.5, 0.6) is 23.3 Å². The molecular weight excluding hydrogens is 958 g/mol. The van der Waals surface area contributed by atoms with Gasteiger partial charge in [-0.2, -0.15) is 0 Å². The number of fused-ring (bicyclic) bond motifs is 2. The van der Waals surface area contributed by atoms with Crippen molar-refractivity contribution in [2.75, 3.05) is 46.6 Å². The number of ether oxygens (including phenoxy) is 4. The fraction of sp³-hybridized carbons (Fsp3) is 0.415. The summed E-state index contributed by atoms with van der Waals surface area (Å²) in [5.41, 5.74) is 2.76. The molecule has 2 atom stereocenters. The first-order chi connectivity index (χ1) is 34.4. The van der Waals surface area contributed by atoms with Crippen molar-refractivity contribution in [3.05, 3.63) is 134 Å². The molecule has 0 bridgehead atoms. The van der Waals surface area contributed by atoms with Crippen LogP contribution in [0.3, 0.4) is 0 Å². The molecule has 0 spiro atoms. The Hall–Kier alpha value is -6.37. The van der Waals surface area contributed by atoms with Gasteiger partial charge in [0, 0.05) is 73.3 Å². The molecule has 2 aromatic carbocycles. The Morgan fingerprint density at radius 2 is 1.35 bits per heavy atom. The Balaban J connectivity index is 0.862. The number of aliphatic hydroxyl groups is 2. The molecule has 2 unspecified atom stereocenters. The van der Waals surface area contributed by atoms with E-state index in [1.54, 1.807) is 36.4 Å². The van der Waals surface area contributed by atoms with Crippen molar-refractivity contribution in [1.29, 1.82) is 0 Å². The second-order valence-electron chi connectivity index (χ2n) is 19.8. The summed E-state index contributed by atoms with van der Waals surface area (Å²) in [5.74, 6) is 2.99. The van der Waals surface area contributed by atoms with Crippen LogP contribution in [-0.2, 0) is 32.3 Å². The fourth-order valence-corrected chi connectivity index (χ4v) is 10.4. The van der Waals surface area contributed by atoms with Crippen molar-refractivity contribution in [3.63, 3.8) is 0 Å². The number of pyridine rings is 3. The number of imidazole rings is 2. The summed E-state index contributed by atoms with van der Waals surface area (Å²) in [6, 6.07) is 14.8. The van der Waals surface area contributed by atoms with E-state index >= 15 is 0 Å². The number of halogens is 2. The summed E-state index contributed by atoms with van der Waals surface area (Å²) in [6.45, 7) is 13.2. The second kappa shape index (κ2) is 18.9. The summed E-state index contributed by atoms with van der Waals surface area (Å²) in [7, 11) is 7.04. The van der Waals surface area contributed by atoms with Gasteiger partial charge in [-0.25, -0.2) is 24.6 Å². The lowest BCUT2D eigenvalue weighted by Gasteiger charge is -2.30. The summed E-state index contributed by atoms with van der Waals surface area (Å²) in [4.78, 5) is 25.8. The van der Waals surface area contributed by atoms with Crippen molar-refractivity contribution in [2.45, 2.75) is 65.1 Å². The van der Waals surface area contributed by atoms with Crippen molar-refractivity contribution in [3.8, 4) is 23.3 Å². The Labute approximate surface area is 427 Å². The zero-order valence-corrected chi connectivity index (χ0v) is 43.5. The smallest absolute Gasteiger partial charge is 0.259 e. The standard InChI is InChI=1S/C53H59Cl2N11O6/c1-30-10-13-39(31(2)59-30)52(67,44-26-58-62-65(44)8)35-11-14-40-37(22-35)45(54)47(49(60-40)69-9)70-21-20-66-19-16-34(27-66)28-71-50-48(72-29-51(5)17-18-51)46(55)38-23-36(12-15-41(38)61-50)53(68,42-24-56-32(3)63(42)6)43-25-57-33(4)64(43)7/h10-15,22-26,34,67-68H,16-21,27-29H2,1-9H3. The molecule has 376 valence electrons. The van der Waals surface area contributed by atoms with Crippen molar-refractivity contribution in [1.82, 2.24) is 53.9 Å². The number of benzene rings is 2. The van der Waals surface area contributed by atoms with Crippen LogP contribution in [0.4, 0.5) is 0 Å². The molecule has 7 heterocycles. The van der Waals surface area contributed by atoms with E-state index in [0.29, 0.717) is 115 Å². The van der Waals surface area contributed by atoms with E-state index in [9.17, 15) is 10.2 Å². The number of aryl methyl sites for hydroxylation is 5. The summed E-state index contributed by atoms with van der Waals surface area (Å²) in [5, 5.41) is 35.7. The van der Waals surface area contributed by atoms with E-state index in [1.165, 1.54) is 7.11 Å². The molecule has 1 aliphatic carbocycles. The van der Waals surface area contributed by atoms with Gasteiger partial charge in [0.15, 0.2) is 11.2 Å². The van der Waals surface area contributed by atoms with Gasteiger partial charge < -0.3 is 38.3 Å². The molecule has 6 aromatic heterocycles. The maximum Gasteiger partial charge on any atom is 0.259 e. The molecule has 1 saturated carbocycles. The highest BCUT2D eigenvalue weighted by Crippen LogP contribution is 2.49. The van der Waals surface area contributed by atoms with Crippen molar-refractivity contribution >= 4 is 45.0 Å². The number of hydrogen-bond acceptors (Lipinski definition) is 14. The molecule has 0 radical (unpaired) electrons. The van der Waals surface area contributed by atoms with Gasteiger partial charge in [0.05, 0.1) is 77.1 Å². The average molecular weight is 1020 g/mol. The average Bonchev–Trinajstić information content (AvgIpc) is 3.75. The number of nitrogens with zero attached hydrogens (tertiary/aromatic N) is 11. The monoisotopic (exact) mass is 1020 g/mol. The van der Waals surface area contributed by atoms with Gasteiger partial charge in [-0.05, 0) is 95.0 Å². The predicted molar refractivity (Wildman–Crippen MR) is 273 cm³/mol. The number of methoxy groups -OCH3 is 1. The first kappa shape index (κ1) is 49.2. The first-order valence-corrected chi connectivity index (χ1v) is 24.8. The quantitative estimate of drug-likeness (QED) is 0.0899. The highest BCUT2D eigenvalue weighted by Gasteiger charge is 2.42. The highest BCUT2D eigenvalue weighted by molar-refractivity contribution is 6.37. The maximum absolute atomic E-state index is 12.9. The third-order valence-corrected chi connectivity index (χ3v) is 15.5. The Kier molecular flexibility index (Phi) is 12.9. The third-order valence-electron chi connectivity index (χ3n) is 14.8. The van der Waals surface area contributed by atoms with Crippen LogP contribution in [0.25, 0.3) is 21.8 Å². The van der Waals surface area contributed by atoms with E-state index in [0.717, 1.165) is 49.7 Å². The van der Waals surface area contributed by atoms with Crippen LogP contribution in [0.1, 0.15) is 83.0 Å². The zero-order chi connectivity index (χ0) is 50.9. The van der Waals surface area contributed by atoms with Crippen LogP contribution in [0.15, 0.2) is 67.1 Å². The maximum atomic E-state index is 12.9. The van der Waals surface area contributed by atoms with Crippen molar-refractivity contribution < 1.29 is 29.2 Å². The Morgan fingerprint density at radius 3 is 1.90 bits per heavy atom. The predicted octanol–water partition coefficient (Wildman–Crippen LogP) is 7.85. The van der Waals surface area contributed by atoms with Gasteiger partial charge in [-0.15, -0.1) is 5.10 Å². The van der Waals surface area contributed by atoms with Crippen LogP contribution in [0.2, 0.25) is 10.0 Å². The first-order valence-electron chi connectivity index (χ1n) is 24.1. The highest BCUT2D eigenvalue weighted by atomic mass is 35.5. The van der Waals surface area contributed by atoms with E-state index in [4.69, 9.17) is 52.1 Å². The van der Waals surface area contributed by atoms with E-state index in [1.807, 2.05) is 93.4 Å². The minimum atomic E-state index is -1.67. The fourth-order valence-electron chi connectivity index (χ4n) is 9.87. The number of hydrogen-bond donors (Lipinski definition) is 2. The van der Waals surface area contributed by atoms with Crippen LogP contribution >= 0.6 is 23.2 Å². The summed E-state index contributed by atoms with van der Waals surface area (Å²) < 4.78 is 30.5. The van der Waals surface area contributed by atoms with E-state index in [2.05, 4.69) is 37.1 Å². The molecule has 8 aromatic rings. The molecule has 17 nitrogen and oxygen atoms in total. The second-order valence-corrected chi connectivity index (χ2v) is 20.5. The minimum Gasteiger partial charge on any atom is -0.486 e. The van der Waals surface area contributed by atoms with E-state index < -0.39 is 11.2 Å². The van der Waals surface area contributed by atoms with Gasteiger partial charge >= 0.3 is 0 Å². The Morgan fingerprint density at radius 1 is 0.736 bits per heavy atom. The van der Waals surface area contributed by atoms with E-state index in [-0.39, 0.29) is 17.2 Å². The lowest BCUT2D eigenvalue weighted by Crippen LogP contribution is -2.33. The van der Waals surface area contributed by atoms with Crippen LogP contribution in [0, 0.1) is 39.0 Å². The molecule has 2 aliphatic rings. The van der Waals surface area contributed by atoms with Crippen LogP contribution in [-0.4, -0.2) is 111 Å². The zero-order valence-electron chi connectivity index (χ0n) is 42.0. The summed E-state index contributed by atoms with van der Waals surface area (Å²) >= 11 is 14.5. The van der Waals surface area contributed by atoms with Crippen LogP contribution < -0.4 is 18.9 Å². The molecule has 10 rings (SSSR count).